The van der Waals surface area contributed by atoms with Crippen molar-refractivity contribution in [3.63, 3.8) is 0 Å². The van der Waals surface area contributed by atoms with E-state index in [9.17, 15) is 9.59 Å². The number of carbonyl (C=O) groups excluding carboxylic acids is 2. The number of aromatic nitrogens is 3. The zero-order chi connectivity index (χ0) is 24.1. The number of carbonyl (C=O) groups is 2. The van der Waals surface area contributed by atoms with Gasteiger partial charge < -0.3 is 15.8 Å². The SMILES string of the molecule is C=CCn1c(COc2ccccc2)nnc1SCC(=O)Nc1sc2c(c1C(N)=O)CCC(C)C2. The molecule has 0 saturated heterocycles. The number of anilines is 1. The Labute approximate surface area is 206 Å². The maximum Gasteiger partial charge on any atom is 0.251 e. The zero-order valence-corrected chi connectivity index (χ0v) is 20.6. The van der Waals surface area contributed by atoms with E-state index in [4.69, 9.17) is 10.5 Å². The van der Waals surface area contributed by atoms with E-state index in [1.807, 2.05) is 34.9 Å². The molecule has 2 heterocycles. The molecule has 4 rings (SSSR count). The maximum atomic E-state index is 12.7. The highest BCUT2D eigenvalue weighted by Gasteiger charge is 2.27. The third-order valence-corrected chi connectivity index (χ3v) is 7.70. The van der Waals surface area contributed by atoms with Gasteiger partial charge in [0.2, 0.25) is 5.91 Å². The molecule has 1 aliphatic carbocycles. The van der Waals surface area contributed by atoms with Crippen molar-refractivity contribution in [2.75, 3.05) is 11.1 Å². The number of ether oxygens (including phenoxy) is 1. The van der Waals surface area contributed by atoms with Crippen LogP contribution in [0, 0.1) is 5.92 Å². The normalized spacial score (nSPS) is 14.9. The number of benzene rings is 1. The molecule has 0 aliphatic heterocycles. The number of allylic oxidation sites excluding steroid dienone is 1. The van der Waals surface area contributed by atoms with Crippen LogP contribution < -0.4 is 15.8 Å². The topological polar surface area (TPSA) is 112 Å². The molecule has 10 heteroatoms. The number of amides is 2. The first-order valence-electron chi connectivity index (χ1n) is 11.0. The summed E-state index contributed by atoms with van der Waals surface area (Å²) in [5.74, 6) is 1.33. The molecule has 178 valence electrons. The van der Waals surface area contributed by atoms with Crippen LogP contribution in [0.15, 0.2) is 48.1 Å². The fourth-order valence-electron chi connectivity index (χ4n) is 3.90. The second-order valence-electron chi connectivity index (χ2n) is 8.16. The molecule has 0 bridgehead atoms. The first kappa shape index (κ1) is 24.0. The number of primary amides is 1. The summed E-state index contributed by atoms with van der Waals surface area (Å²) in [6, 6.07) is 9.47. The lowest BCUT2D eigenvalue weighted by Crippen LogP contribution is -2.20. The lowest BCUT2D eigenvalue weighted by molar-refractivity contribution is -0.113. The van der Waals surface area contributed by atoms with Crippen LogP contribution in [-0.2, 0) is 30.8 Å². The average Bonchev–Trinajstić information content (AvgIpc) is 3.37. The Balaban J connectivity index is 1.42. The molecule has 0 fully saturated rings. The molecule has 2 aromatic heterocycles. The summed E-state index contributed by atoms with van der Waals surface area (Å²) in [4.78, 5) is 26.0. The van der Waals surface area contributed by atoms with Gasteiger partial charge in [-0.2, -0.15) is 0 Å². The van der Waals surface area contributed by atoms with Gasteiger partial charge in [-0.25, -0.2) is 0 Å². The number of nitrogens with one attached hydrogen (secondary N) is 1. The van der Waals surface area contributed by atoms with Crippen molar-refractivity contribution in [1.29, 1.82) is 0 Å². The van der Waals surface area contributed by atoms with E-state index in [2.05, 4.69) is 29.0 Å². The van der Waals surface area contributed by atoms with Crippen molar-refractivity contribution in [1.82, 2.24) is 14.8 Å². The van der Waals surface area contributed by atoms with Gasteiger partial charge in [-0.05, 0) is 42.9 Å². The highest BCUT2D eigenvalue weighted by molar-refractivity contribution is 7.99. The Morgan fingerprint density at radius 2 is 2.15 bits per heavy atom. The smallest absolute Gasteiger partial charge is 0.251 e. The summed E-state index contributed by atoms with van der Waals surface area (Å²) in [6.07, 6.45) is 4.48. The highest BCUT2D eigenvalue weighted by Crippen LogP contribution is 2.39. The summed E-state index contributed by atoms with van der Waals surface area (Å²) in [6.45, 7) is 6.74. The van der Waals surface area contributed by atoms with Gasteiger partial charge in [0.1, 0.15) is 17.4 Å². The second-order valence-corrected chi connectivity index (χ2v) is 10.2. The van der Waals surface area contributed by atoms with E-state index in [1.54, 1.807) is 6.08 Å². The molecular weight excluding hydrogens is 470 g/mol. The molecule has 3 N–H and O–H groups in total. The number of nitrogens with two attached hydrogens (primary N) is 1. The van der Waals surface area contributed by atoms with Crippen molar-refractivity contribution < 1.29 is 14.3 Å². The Morgan fingerprint density at radius 1 is 1.35 bits per heavy atom. The van der Waals surface area contributed by atoms with Crippen LogP contribution in [0.3, 0.4) is 0 Å². The Hall–Kier alpha value is -3.11. The minimum atomic E-state index is -0.496. The highest BCUT2D eigenvalue weighted by atomic mass is 32.2. The minimum absolute atomic E-state index is 0.117. The molecular formula is C24H27N5O3S2. The quantitative estimate of drug-likeness (QED) is 0.323. The van der Waals surface area contributed by atoms with Gasteiger partial charge in [0.25, 0.3) is 5.91 Å². The standard InChI is InChI=1S/C24H27N5O3S2/c1-3-11-29-19(13-32-16-7-5-4-6-8-16)27-28-24(29)33-14-20(30)26-23-21(22(25)31)17-10-9-15(2)12-18(17)34-23/h3-8,15H,1,9-14H2,2H3,(H2,25,31)(H,26,30). The monoisotopic (exact) mass is 497 g/mol. The van der Waals surface area contributed by atoms with Crippen molar-refractivity contribution in [2.45, 2.75) is 44.5 Å². The molecule has 1 aliphatic rings. The lowest BCUT2D eigenvalue weighted by atomic mass is 9.88. The fraction of sp³-hybridized carbons (Fsp3) is 0.333. The number of rotatable bonds is 10. The summed E-state index contributed by atoms with van der Waals surface area (Å²) in [7, 11) is 0. The van der Waals surface area contributed by atoms with Crippen LogP contribution >= 0.6 is 23.1 Å². The fourth-order valence-corrected chi connectivity index (χ4v) is 6.10. The Kier molecular flexibility index (Phi) is 7.69. The first-order valence-corrected chi connectivity index (χ1v) is 12.8. The number of fused-ring (bicyclic) bond motifs is 1. The Bertz CT molecular complexity index is 1190. The largest absolute Gasteiger partial charge is 0.486 e. The second kappa shape index (κ2) is 10.9. The summed E-state index contributed by atoms with van der Waals surface area (Å²) >= 11 is 2.73. The van der Waals surface area contributed by atoms with Crippen LogP contribution in [0.2, 0.25) is 0 Å². The predicted molar refractivity (Wildman–Crippen MR) is 134 cm³/mol. The number of hydrogen-bond donors (Lipinski definition) is 2. The number of thiophene rings is 1. The number of nitrogens with zero attached hydrogens (tertiary/aromatic N) is 3. The van der Waals surface area contributed by atoms with E-state index < -0.39 is 5.91 Å². The van der Waals surface area contributed by atoms with E-state index in [0.29, 0.717) is 34.0 Å². The average molecular weight is 498 g/mol. The van der Waals surface area contributed by atoms with Crippen molar-refractivity contribution in [2.24, 2.45) is 11.7 Å². The first-order chi connectivity index (χ1) is 16.5. The summed E-state index contributed by atoms with van der Waals surface area (Å²) in [5.41, 5.74) is 7.10. The van der Waals surface area contributed by atoms with Gasteiger partial charge in [0, 0.05) is 11.4 Å². The third-order valence-electron chi connectivity index (χ3n) is 5.56. The van der Waals surface area contributed by atoms with Crippen LogP contribution in [0.4, 0.5) is 5.00 Å². The third kappa shape index (κ3) is 5.51. The van der Waals surface area contributed by atoms with Crippen LogP contribution in [-0.4, -0.2) is 32.3 Å². The minimum Gasteiger partial charge on any atom is -0.486 e. The van der Waals surface area contributed by atoms with Crippen LogP contribution in [0.25, 0.3) is 0 Å². The van der Waals surface area contributed by atoms with Crippen molar-refractivity contribution >= 4 is 39.9 Å². The number of thioether (sulfide) groups is 1. The lowest BCUT2D eigenvalue weighted by Gasteiger charge is -2.18. The molecule has 34 heavy (non-hydrogen) atoms. The predicted octanol–water partition coefficient (Wildman–Crippen LogP) is 4.06. The van der Waals surface area contributed by atoms with Gasteiger partial charge >= 0.3 is 0 Å². The molecule has 3 aromatic rings. The molecule has 8 nitrogen and oxygen atoms in total. The van der Waals surface area contributed by atoms with Gasteiger partial charge in [-0.1, -0.05) is 43.0 Å². The van der Waals surface area contributed by atoms with Crippen molar-refractivity contribution in [3.05, 3.63) is 64.8 Å². The van der Waals surface area contributed by atoms with E-state index in [1.165, 1.54) is 23.1 Å². The Morgan fingerprint density at radius 3 is 2.88 bits per heavy atom. The van der Waals surface area contributed by atoms with Gasteiger partial charge in [0.05, 0.1) is 11.3 Å². The summed E-state index contributed by atoms with van der Waals surface area (Å²) < 4.78 is 7.66. The zero-order valence-electron chi connectivity index (χ0n) is 19.0. The number of hydrogen-bond acceptors (Lipinski definition) is 7. The molecule has 0 saturated carbocycles. The molecule has 1 aromatic carbocycles. The van der Waals surface area contributed by atoms with E-state index in [0.717, 1.165) is 35.5 Å². The number of para-hydroxylation sites is 1. The van der Waals surface area contributed by atoms with Gasteiger partial charge in [-0.3, -0.25) is 14.2 Å². The van der Waals surface area contributed by atoms with E-state index >= 15 is 0 Å². The molecule has 0 radical (unpaired) electrons. The molecule has 1 atom stereocenters. The van der Waals surface area contributed by atoms with Crippen molar-refractivity contribution in [3.8, 4) is 5.75 Å². The van der Waals surface area contributed by atoms with Crippen LogP contribution in [0.5, 0.6) is 5.75 Å². The maximum absolute atomic E-state index is 12.7. The van der Waals surface area contributed by atoms with E-state index in [-0.39, 0.29) is 18.3 Å². The van der Waals surface area contributed by atoms with Gasteiger partial charge in [0.15, 0.2) is 11.0 Å². The van der Waals surface area contributed by atoms with Crippen LogP contribution in [0.1, 0.15) is 40.0 Å². The summed E-state index contributed by atoms with van der Waals surface area (Å²) in [5, 5.41) is 12.5. The van der Waals surface area contributed by atoms with Gasteiger partial charge in [-0.15, -0.1) is 28.1 Å². The molecule has 1 unspecified atom stereocenters. The molecule has 2 amide bonds. The molecule has 0 spiro atoms.